The molecule has 0 heterocycles. The highest BCUT2D eigenvalue weighted by Crippen LogP contribution is 2.38. The van der Waals surface area contributed by atoms with Crippen molar-refractivity contribution >= 4 is 26.7 Å². The van der Waals surface area contributed by atoms with Crippen molar-refractivity contribution in [3.8, 4) is 0 Å². The Labute approximate surface area is 243 Å². The summed E-state index contributed by atoms with van der Waals surface area (Å²) in [4.78, 5) is 0.320. The van der Waals surface area contributed by atoms with E-state index >= 15 is 0 Å². The van der Waals surface area contributed by atoms with Crippen LogP contribution in [0.15, 0.2) is 54.0 Å². The zero-order valence-corrected chi connectivity index (χ0v) is 29.6. The largest absolute Gasteiger partial charge is 0.415 e. The van der Waals surface area contributed by atoms with E-state index in [1.807, 2.05) is 24.3 Å². The Hall–Kier alpha value is -1.04. The van der Waals surface area contributed by atoms with Crippen molar-refractivity contribution < 1.29 is 17.3 Å². The number of hydrogen-bond donors (Lipinski definition) is 0. The van der Waals surface area contributed by atoms with Crippen molar-refractivity contribution in [2.45, 2.75) is 128 Å². The van der Waals surface area contributed by atoms with Gasteiger partial charge in [-0.15, -0.1) is 0 Å². The first-order chi connectivity index (χ1) is 17.8. The van der Waals surface area contributed by atoms with E-state index in [0.717, 1.165) is 24.8 Å². The monoisotopic (exact) mass is 595 g/mol. The van der Waals surface area contributed by atoms with Crippen molar-refractivity contribution in [1.82, 2.24) is 4.31 Å². The van der Waals surface area contributed by atoms with Crippen LogP contribution in [0.2, 0.25) is 36.3 Å². The van der Waals surface area contributed by atoms with Gasteiger partial charge in [-0.1, -0.05) is 98.2 Å². The number of sulfonamides is 1. The van der Waals surface area contributed by atoms with Crippen molar-refractivity contribution in [2.75, 3.05) is 13.2 Å². The molecular weight excluding hydrogens is 539 g/mol. The van der Waals surface area contributed by atoms with E-state index in [-0.39, 0.29) is 16.1 Å². The van der Waals surface area contributed by atoms with Crippen molar-refractivity contribution in [1.29, 1.82) is 0 Å². The minimum absolute atomic E-state index is 0.0444. The van der Waals surface area contributed by atoms with Gasteiger partial charge in [0.15, 0.2) is 16.6 Å². The maximum atomic E-state index is 14.1. The molecule has 0 N–H and O–H groups in total. The lowest BCUT2D eigenvalue weighted by Gasteiger charge is -2.39. The van der Waals surface area contributed by atoms with Crippen LogP contribution in [0, 0.1) is 0 Å². The van der Waals surface area contributed by atoms with Gasteiger partial charge in [0, 0.05) is 6.54 Å². The summed E-state index contributed by atoms with van der Waals surface area (Å²) < 4.78 is 42.8. The van der Waals surface area contributed by atoms with Gasteiger partial charge in [0.05, 0.1) is 24.2 Å². The minimum atomic E-state index is -3.73. The van der Waals surface area contributed by atoms with Crippen molar-refractivity contribution in [3.63, 3.8) is 0 Å². The summed E-state index contributed by atoms with van der Waals surface area (Å²) in [6.45, 7) is 29.4. The first-order valence-electron chi connectivity index (χ1n) is 14.5. The van der Waals surface area contributed by atoms with E-state index in [4.69, 9.17) is 8.85 Å². The number of hydrogen-bond acceptors (Lipinski definition) is 4. The summed E-state index contributed by atoms with van der Waals surface area (Å²) >= 11 is 0. The number of nitrogens with zero attached hydrogens (tertiary/aromatic N) is 1. The molecule has 0 saturated carbocycles. The molecule has 1 atom stereocenters. The van der Waals surface area contributed by atoms with Crippen LogP contribution in [0.1, 0.15) is 79.7 Å². The molecule has 8 heteroatoms. The summed E-state index contributed by atoms with van der Waals surface area (Å²) in [5.74, 6) is 0. The fourth-order valence-electron chi connectivity index (χ4n) is 3.51. The molecule has 0 aromatic heterocycles. The molecule has 224 valence electrons. The molecule has 0 radical (unpaired) electrons. The lowest BCUT2D eigenvalue weighted by molar-refractivity contribution is 0.189. The summed E-state index contributed by atoms with van der Waals surface area (Å²) in [5.41, 5.74) is 0.989. The van der Waals surface area contributed by atoms with Crippen LogP contribution in [0.5, 0.6) is 0 Å². The fraction of sp³-hybridized carbons (Fsp3) is 0.677. The lowest BCUT2D eigenvalue weighted by atomic mass is 10.2. The molecule has 0 aliphatic rings. The van der Waals surface area contributed by atoms with Crippen LogP contribution in [-0.4, -0.2) is 48.6 Å². The van der Waals surface area contributed by atoms with Gasteiger partial charge < -0.3 is 8.85 Å². The highest BCUT2D eigenvalue weighted by atomic mass is 32.2. The summed E-state index contributed by atoms with van der Waals surface area (Å²) in [7, 11) is -7.68. The second-order valence-electron chi connectivity index (χ2n) is 13.6. The summed E-state index contributed by atoms with van der Waals surface area (Å²) in [5, 5.41) is 0.166. The van der Waals surface area contributed by atoms with E-state index in [9.17, 15) is 8.42 Å². The van der Waals surface area contributed by atoms with E-state index < -0.39 is 26.7 Å². The number of allylic oxidation sites excluding steroid dienone is 2. The third kappa shape index (κ3) is 10.7. The van der Waals surface area contributed by atoms with E-state index in [0.29, 0.717) is 31.1 Å². The molecule has 39 heavy (non-hydrogen) atoms. The van der Waals surface area contributed by atoms with Gasteiger partial charge in [-0.2, -0.15) is 4.31 Å². The van der Waals surface area contributed by atoms with Crippen LogP contribution >= 0.6 is 0 Å². The SMILES string of the molecule is C=C/C=C/C[C@@H](CO[Si](C)(C)C(C)(C)C)N(CCCCC)S(=O)(=O)c1ccc(CO[Si](C)(C)C(C)(C)C)cc1. The second-order valence-corrected chi connectivity index (χ2v) is 25.1. The molecular formula is C31H57NO4SSi2. The molecule has 1 aromatic rings. The van der Waals surface area contributed by atoms with Crippen LogP contribution in [0.4, 0.5) is 0 Å². The molecule has 0 saturated heterocycles. The minimum Gasteiger partial charge on any atom is -0.415 e. The summed E-state index contributed by atoms with van der Waals surface area (Å²) in [6.07, 6.45) is 9.00. The van der Waals surface area contributed by atoms with Gasteiger partial charge in [0.2, 0.25) is 10.0 Å². The molecule has 1 aromatic carbocycles. The Bertz CT molecular complexity index is 1020. The van der Waals surface area contributed by atoms with E-state index in [2.05, 4.69) is 81.2 Å². The quantitative estimate of drug-likeness (QED) is 0.109. The first kappa shape index (κ1) is 36.0. The van der Waals surface area contributed by atoms with Crippen LogP contribution < -0.4 is 0 Å². The first-order valence-corrected chi connectivity index (χ1v) is 21.7. The standard InChI is InChI=1S/C31H57NO4SSi2/c1-13-15-17-19-28(26-36-39(11,12)31(6,7)8)32(24-18-16-14-2)37(33,34)29-22-20-27(21-23-29)25-35-38(9,10)30(3,4)5/h13,15,17,20-23,28H,1,14,16,18-19,24-26H2,2-12H3/b17-15+/t28-/m0/s1. The highest BCUT2D eigenvalue weighted by Gasteiger charge is 2.40. The maximum absolute atomic E-state index is 14.1. The molecule has 0 fully saturated rings. The molecule has 0 bridgehead atoms. The van der Waals surface area contributed by atoms with Gasteiger partial charge in [-0.05, 0) is 66.8 Å². The number of rotatable bonds is 16. The molecule has 0 unspecified atom stereocenters. The molecule has 0 amide bonds. The second kappa shape index (κ2) is 14.7. The van der Waals surface area contributed by atoms with Crippen LogP contribution in [0.25, 0.3) is 0 Å². The Balaban J connectivity index is 3.31. The average molecular weight is 596 g/mol. The Morgan fingerprint density at radius 2 is 1.46 bits per heavy atom. The summed E-state index contributed by atoms with van der Waals surface area (Å²) in [6, 6.07) is 6.96. The van der Waals surface area contributed by atoms with Crippen LogP contribution in [-0.2, 0) is 25.5 Å². The Morgan fingerprint density at radius 1 is 0.923 bits per heavy atom. The normalized spacial score (nSPS) is 14.8. The van der Waals surface area contributed by atoms with Crippen molar-refractivity contribution in [3.05, 3.63) is 54.6 Å². The topological polar surface area (TPSA) is 55.8 Å². The fourth-order valence-corrected chi connectivity index (χ4v) is 7.17. The molecule has 1 rings (SSSR count). The highest BCUT2D eigenvalue weighted by molar-refractivity contribution is 7.89. The Kier molecular flexibility index (Phi) is 13.6. The zero-order chi connectivity index (χ0) is 30.1. The van der Waals surface area contributed by atoms with E-state index in [1.54, 1.807) is 22.5 Å². The van der Waals surface area contributed by atoms with Crippen molar-refractivity contribution in [2.24, 2.45) is 0 Å². The van der Waals surface area contributed by atoms with Crippen LogP contribution in [0.3, 0.4) is 0 Å². The molecule has 0 aliphatic heterocycles. The molecule has 0 spiro atoms. The number of unbranched alkanes of at least 4 members (excludes halogenated alkanes) is 2. The predicted octanol–water partition coefficient (Wildman–Crippen LogP) is 8.91. The third-order valence-electron chi connectivity index (χ3n) is 8.45. The van der Waals surface area contributed by atoms with Gasteiger partial charge in [-0.25, -0.2) is 8.42 Å². The molecule has 0 aliphatic carbocycles. The lowest BCUT2D eigenvalue weighted by Crippen LogP contribution is -2.48. The smallest absolute Gasteiger partial charge is 0.243 e. The van der Waals surface area contributed by atoms with Gasteiger partial charge in [-0.3, -0.25) is 0 Å². The van der Waals surface area contributed by atoms with Gasteiger partial charge in [0.25, 0.3) is 0 Å². The Morgan fingerprint density at radius 3 is 1.95 bits per heavy atom. The molecule has 5 nitrogen and oxygen atoms in total. The zero-order valence-electron chi connectivity index (χ0n) is 26.8. The third-order valence-corrected chi connectivity index (χ3v) is 19.4. The average Bonchev–Trinajstić information content (AvgIpc) is 2.82. The number of benzene rings is 1. The maximum Gasteiger partial charge on any atom is 0.243 e. The predicted molar refractivity (Wildman–Crippen MR) is 173 cm³/mol. The van der Waals surface area contributed by atoms with Gasteiger partial charge in [0.1, 0.15) is 0 Å². The van der Waals surface area contributed by atoms with Gasteiger partial charge >= 0.3 is 0 Å². The van der Waals surface area contributed by atoms with E-state index in [1.165, 1.54) is 0 Å².